The van der Waals surface area contributed by atoms with Crippen molar-refractivity contribution in [2.45, 2.75) is 38.1 Å². The van der Waals surface area contributed by atoms with E-state index in [0.717, 1.165) is 31.2 Å². The fourth-order valence-electron chi connectivity index (χ4n) is 2.29. The number of aryl methyl sites for hydroxylation is 1. The van der Waals surface area contributed by atoms with Gasteiger partial charge in [0.25, 0.3) is 5.91 Å². The van der Waals surface area contributed by atoms with Gasteiger partial charge < -0.3 is 15.5 Å². The summed E-state index contributed by atoms with van der Waals surface area (Å²) in [7, 11) is 0. The molecule has 1 fully saturated rings. The molecule has 1 saturated carbocycles. The second-order valence-corrected chi connectivity index (χ2v) is 4.98. The number of thiocarbonyl (C=S) groups is 1. The van der Waals surface area contributed by atoms with E-state index in [2.05, 4.69) is 5.32 Å². The van der Waals surface area contributed by atoms with Crippen LogP contribution in [0.15, 0.2) is 16.7 Å². The topological polar surface area (TPSA) is 68.3 Å². The molecule has 0 aliphatic heterocycles. The lowest BCUT2D eigenvalue weighted by molar-refractivity contribution is 0.0895. The highest BCUT2D eigenvalue weighted by atomic mass is 32.1. The molecule has 0 aromatic carbocycles. The van der Waals surface area contributed by atoms with Gasteiger partial charge in [0.15, 0.2) is 5.76 Å². The molecular weight excluding hydrogens is 236 g/mol. The highest BCUT2D eigenvalue weighted by Crippen LogP contribution is 2.30. The molecule has 5 heteroatoms. The van der Waals surface area contributed by atoms with Gasteiger partial charge in [-0.1, -0.05) is 25.1 Å². The van der Waals surface area contributed by atoms with Crippen molar-refractivity contribution in [3.05, 3.63) is 23.7 Å². The van der Waals surface area contributed by atoms with E-state index in [4.69, 9.17) is 22.4 Å². The second-order valence-electron chi connectivity index (χ2n) is 4.54. The Kier molecular flexibility index (Phi) is 3.19. The minimum atomic E-state index is -0.522. The van der Waals surface area contributed by atoms with Gasteiger partial charge in [-0.15, -0.1) is 0 Å². The smallest absolute Gasteiger partial charge is 0.288 e. The van der Waals surface area contributed by atoms with Gasteiger partial charge in [-0.2, -0.15) is 0 Å². The van der Waals surface area contributed by atoms with Crippen LogP contribution in [0, 0.1) is 6.92 Å². The SMILES string of the molecule is Cc1ccoc1C(=O)NC1(C(N)=S)CCCC1. The first kappa shape index (κ1) is 12.1. The van der Waals surface area contributed by atoms with Crippen LogP contribution in [0.1, 0.15) is 41.8 Å². The van der Waals surface area contributed by atoms with Crippen molar-refractivity contribution in [3.63, 3.8) is 0 Å². The van der Waals surface area contributed by atoms with Crippen molar-refractivity contribution in [2.24, 2.45) is 5.73 Å². The zero-order valence-electron chi connectivity index (χ0n) is 9.79. The fraction of sp³-hybridized carbons (Fsp3) is 0.500. The van der Waals surface area contributed by atoms with E-state index in [1.165, 1.54) is 6.26 Å². The second kappa shape index (κ2) is 4.49. The molecule has 0 spiro atoms. The zero-order chi connectivity index (χ0) is 12.5. The maximum Gasteiger partial charge on any atom is 0.288 e. The number of carbonyl (C=O) groups excluding carboxylic acids is 1. The number of carbonyl (C=O) groups is 1. The Morgan fingerprint density at radius 1 is 1.53 bits per heavy atom. The Balaban J connectivity index is 2.17. The Morgan fingerprint density at radius 3 is 2.65 bits per heavy atom. The number of hydrogen-bond donors (Lipinski definition) is 2. The average molecular weight is 252 g/mol. The number of nitrogens with two attached hydrogens (primary N) is 1. The monoisotopic (exact) mass is 252 g/mol. The molecule has 1 aliphatic carbocycles. The van der Waals surface area contributed by atoms with Crippen LogP contribution in [-0.2, 0) is 0 Å². The van der Waals surface area contributed by atoms with Gasteiger partial charge >= 0.3 is 0 Å². The molecule has 1 aromatic heterocycles. The first-order valence-electron chi connectivity index (χ1n) is 5.72. The van der Waals surface area contributed by atoms with Crippen LogP contribution in [0.5, 0.6) is 0 Å². The number of furan rings is 1. The van der Waals surface area contributed by atoms with Crippen molar-refractivity contribution in [2.75, 3.05) is 0 Å². The maximum atomic E-state index is 12.1. The lowest BCUT2D eigenvalue weighted by atomic mass is 9.97. The highest BCUT2D eigenvalue weighted by molar-refractivity contribution is 7.80. The molecule has 1 amide bonds. The third-order valence-electron chi connectivity index (χ3n) is 3.35. The van der Waals surface area contributed by atoms with Crippen molar-refractivity contribution < 1.29 is 9.21 Å². The molecule has 2 rings (SSSR count). The molecule has 0 bridgehead atoms. The Bertz CT molecular complexity index is 447. The van der Waals surface area contributed by atoms with E-state index in [-0.39, 0.29) is 5.91 Å². The molecule has 1 heterocycles. The molecule has 1 aromatic rings. The van der Waals surface area contributed by atoms with E-state index < -0.39 is 5.54 Å². The van der Waals surface area contributed by atoms with E-state index in [9.17, 15) is 4.79 Å². The Labute approximate surface area is 106 Å². The van der Waals surface area contributed by atoms with Gasteiger partial charge in [0.1, 0.15) is 0 Å². The standard InChI is InChI=1S/C12H16N2O2S/c1-8-4-7-16-9(8)10(15)14-12(11(13)17)5-2-3-6-12/h4,7H,2-3,5-6H2,1H3,(H2,13,17)(H,14,15). The predicted molar refractivity (Wildman–Crippen MR) is 68.9 cm³/mol. The normalized spacial score (nSPS) is 17.9. The van der Waals surface area contributed by atoms with Gasteiger partial charge in [-0.25, -0.2) is 0 Å². The molecule has 0 radical (unpaired) electrons. The van der Waals surface area contributed by atoms with Gasteiger partial charge in [-0.05, 0) is 25.8 Å². The molecular formula is C12H16N2O2S. The summed E-state index contributed by atoms with van der Waals surface area (Å²) < 4.78 is 5.16. The third kappa shape index (κ3) is 2.20. The zero-order valence-corrected chi connectivity index (χ0v) is 10.6. The van der Waals surface area contributed by atoms with Crippen LogP contribution in [0.3, 0.4) is 0 Å². The molecule has 0 unspecified atom stereocenters. The summed E-state index contributed by atoms with van der Waals surface area (Å²) in [5, 5.41) is 2.94. The highest BCUT2D eigenvalue weighted by Gasteiger charge is 2.39. The summed E-state index contributed by atoms with van der Waals surface area (Å²) in [4.78, 5) is 12.4. The van der Waals surface area contributed by atoms with Crippen molar-refractivity contribution in [3.8, 4) is 0 Å². The predicted octanol–water partition coefficient (Wildman–Crippen LogP) is 1.92. The summed E-state index contributed by atoms with van der Waals surface area (Å²) in [6.07, 6.45) is 5.21. The van der Waals surface area contributed by atoms with Crippen LogP contribution < -0.4 is 11.1 Å². The van der Waals surface area contributed by atoms with Crippen molar-refractivity contribution in [1.29, 1.82) is 0 Å². The van der Waals surface area contributed by atoms with Gasteiger partial charge in [0.2, 0.25) is 0 Å². The third-order valence-corrected chi connectivity index (χ3v) is 3.74. The summed E-state index contributed by atoms with van der Waals surface area (Å²) in [5.41, 5.74) is 6.05. The molecule has 4 nitrogen and oxygen atoms in total. The van der Waals surface area contributed by atoms with Crippen molar-refractivity contribution >= 4 is 23.1 Å². The lowest BCUT2D eigenvalue weighted by Crippen LogP contribution is -2.54. The average Bonchev–Trinajstić information content (AvgIpc) is 2.87. The van der Waals surface area contributed by atoms with Crippen LogP contribution >= 0.6 is 12.2 Å². The van der Waals surface area contributed by atoms with Crippen LogP contribution in [0.2, 0.25) is 0 Å². The first-order chi connectivity index (χ1) is 8.05. The van der Waals surface area contributed by atoms with E-state index >= 15 is 0 Å². The van der Waals surface area contributed by atoms with Gasteiger partial charge in [-0.3, -0.25) is 4.79 Å². The van der Waals surface area contributed by atoms with Gasteiger partial charge in [0.05, 0.1) is 16.8 Å². The van der Waals surface area contributed by atoms with Gasteiger partial charge in [0, 0.05) is 5.56 Å². The largest absolute Gasteiger partial charge is 0.459 e. The van der Waals surface area contributed by atoms with E-state index in [0.29, 0.717) is 10.7 Å². The molecule has 0 atom stereocenters. The quantitative estimate of drug-likeness (QED) is 0.806. The van der Waals surface area contributed by atoms with E-state index in [1.54, 1.807) is 6.07 Å². The lowest BCUT2D eigenvalue weighted by Gasteiger charge is -2.28. The molecule has 92 valence electrons. The van der Waals surface area contributed by atoms with Crippen molar-refractivity contribution in [1.82, 2.24) is 5.32 Å². The Hall–Kier alpha value is -1.36. The number of hydrogen-bond acceptors (Lipinski definition) is 3. The Morgan fingerprint density at radius 2 is 2.18 bits per heavy atom. The van der Waals surface area contributed by atoms with Crippen LogP contribution in [0.25, 0.3) is 0 Å². The molecule has 1 aliphatic rings. The van der Waals surface area contributed by atoms with E-state index in [1.807, 2.05) is 6.92 Å². The molecule has 17 heavy (non-hydrogen) atoms. The number of amides is 1. The summed E-state index contributed by atoms with van der Waals surface area (Å²) in [6.45, 7) is 1.83. The number of rotatable bonds is 3. The van der Waals surface area contributed by atoms with Crippen LogP contribution in [-0.4, -0.2) is 16.4 Å². The maximum absolute atomic E-state index is 12.1. The van der Waals surface area contributed by atoms with Crippen LogP contribution in [0.4, 0.5) is 0 Å². The summed E-state index contributed by atoms with van der Waals surface area (Å²) >= 11 is 5.08. The molecule has 0 saturated heterocycles. The fourth-order valence-corrected chi connectivity index (χ4v) is 2.55. The number of nitrogens with one attached hydrogen (secondary N) is 1. The summed E-state index contributed by atoms with van der Waals surface area (Å²) in [5.74, 6) is 0.106. The minimum absolute atomic E-state index is 0.234. The first-order valence-corrected chi connectivity index (χ1v) is 6.12. The minimum Gasteiger partial charge on any atom is -0.459 e. The summed E-state index contributed by atoms with van der Waals surface area (Å²) in [6, 6.07) is 1.76. The molecule has 3 N–H and O–H groups in total.